The summed E-state index contributed by atoms with van der Waals surface area (Å²) in [6.45, 7) is 16.2. The fraction of sp³-hybridized carbons (Fsp3) is 0.500. The van der Waals surface area contributed by atoms with Crippen molar-refractivity contribution < 1.29 is 18.8 Å². The zero-order chi connectivity index (χ0) is 28.4. The zero-order valence-electron chi connectivity index (χ0n) is 23.7. The monoisotopic (exact) mass is 535 g/mol. The van der Waals surface area contributed by atoms with Crippen molar-refractivity contribution in [1.82, 2.24) is 30.3 Å². The standard InChI is InChI=1S/C28H37N7O4/c1-18-14-19(8-9-20(18)15-30-24(36)23-32-25(39-33-23)27(2,3)4)22-21(16-29-17-31-22)34-10-12-35(13-11-34)26(37)38-28(5,6)7/h8-9,14,16-17H,10-13,15H2,1-7H3,(H,30,36). The molecule has 1 aromatic carbocycles. The first kappa shape index (κ1) is 28.0. The van der Waals surface area contributed by atoms with Crippen LogP contribution in [0.25, 0.3) is 11.3 Å². The number of ether oxygens (including phenoxy) is 1. The van der Waals surface area contributed by atoms with E-state index in [1.165, 1.54) is 6.33 Å². The van der Waals surface area contributed by atoms with E-state index in [0.29, 0.717) is 38.6 Å². The molecule has 1 N–H and O–H groups in total. The van der Waals surface area contributed by atoms with Crippen LogP contribution < -0.4 is 10.2 Å². The number of amides is 2. The molecule has 0 bridgehead atoms. The molecule has 208 valence electrons. The summed E-state index contributed by atoms with van der Waals surface area (Å²) in [6.07, 6.45) is 3.06. The Bertz CT molecular complexity index is 1330. The largest absolute Gasteiger partial charge is 0.444 e. The van der Waals surface area contributed by atoms with Crippen molar-refractivity contribution in [1.29, 1.82) is 0 Å². The number of anilines is 1. The van der Waals surface area contributed by atoms with Crippen molar-refractivity contribution in [2.75, 3.05) is 31.1 Å². The number of aromatic nitrogens is 4. The van der Waals surface area contributed by atoms with Crippen molar-refractivity contribution in [2.24, 2.45) is 0 Å². The van der Waals surface area contributed by atoms with Crippen molar-refractivity contribution in [3.63, 3.8) is 0 Å². The Labute approximate surface area is 229 Å². The number of benzene rings is 1. The van der Waals surface area contributed by atoms with Gasteiger partial charge in [-0.2, -0.15) is 4.98 Å². The SMILES string of the molecule is Cc1cc(-c2ncncc2N2CCN(C(=O)OC(C)(C)C)CC2)ccc1CNC(=O)c1noc(C(C)(C)C)n1. The summed E-state index contributed by atoms with van der Waals surface area (Å²) in [7, 11) is 0. The molecule has 0 spiro atoms. The molecule has 0 saturated carbocycles. The third kappa shape index (κ3) is 6.90. The summed E-state index contributed by atoms with van der Waals surface area (Å²) in [4.78, 5) is 42.0. The molecule has 39 heavy (non-hydrogen) atoms. The molecule has 11 nitrogen and oxygen atoms in total. The van der Waals surface area contributed by atoms with Gasteiger partial charge >= 0.3 is 6.09 Å². The van der Waals surface area contributed by atoms with E-state index in [1.54, 1.807) is 4.90 Å². The Balaban J connectivity index is 1.42. The van der Waals surface area contributed by atoms with Crippen LogP contribution in [0.1, 0.15) is 69.2 Å². The Hall–Kier alpha value is -4.02. The lowest BCUT2D eigenvalue weighted by molar-refractivity contribution is 0.0240. The van der Waals surface area contributed by atoms with Crippen LogP contribution in [0.4, 0.5) is 10.5 Å². The molecule has 0 radical (unpaired) electrons. The number of piperazine rings is 1. The van der Waals surface area contributed by atoms with Crippen LogP contribution in [0, 0.1) is 6.92 Å². The number of nitrogens with one attached hydrogen (secondary N) is 1. The van der Waals surface area contributed by atoms with Crippen molar-refractivity contribution in [2.45, 2.75) is 66.0 Å². The molecular weight excluding hydrogens is 498 g/mol. The quantitative estimate of drug-likeness (QED) is 0.513. The molecule has 1 aliphatic heterocycles. The van der Waals surface area contributed by atoms with Gasteiger partial charge in [-0.15, -0.1) is 0 Å². The Kier molecular flexibility index (Phi) is 7.89. The van der Waals surface area contributed by atoms with Crippen LogP contribution in [0.15, 0.2) is 35.2 Å². The highest BCUT2D eigenvalue weighted by molar-refractivity contribution is 5.90. The van der Waals surface area contributed by atoms with Crippen LogP contribution in [-0.4, -0.2) is 68.8 Å². The van der Waals surface area contributed by atoms with Crippen molar-refractivity contribution in [3.05, 3.63) is 53.6 Å². The van der Waals surface area contributed by atoms with Gasteiger partial charge in [0.1, 0.15) is 11.9 Å². The smallest absolute Gasteiger partial charge is 0.410 e. The number of carbonyl (C=O) groups excluding carboxylic acids is 2. The molecule has 1 fully saturated rings. The van der Waals surface area contributed by atoms with Gasteiger partial charge in [-0.25, -0.2) is 14.8 Å². The molecule has 2 amide bonds. The second-order valence-corrected chi connectivity index (χ2v) is 11.7. The minimum absolute atomic E-state index is 0.0200. The number of hydrogen-bond acceptors (Lipinski definition) is 9. The minimum Gasteiger partial charge on any atom is -0.444 e. The third-order valence-corrected chi connectivity index (χ3v) is 6.29. The summed E-state index contributed by atoms with van der Waals surface area (Å²) in [6, 6.07) is 6.02. The Morgan fingerprint density at radius 2 is 1.79 bits per heavy atom. The Morgan fingerprint density at radius 3 is 2.41 bits per heavy atom. The van der Waals surface area contributed by atoms with Gasteiger partial charge in [-0.3, -0.25) is 4.79 Å². The van der Waals surface area contributed by atoms with Crippen LogP contribution in [0.5, 0.6) is 0 Å². The molecule has 0 aliphatic carbocycles. The van der Waals surface area contributed by atoms with E-state index in [-0.39, 0.29) is 23.2 Å². The zero-order valence-corrected chi connectivity index (χ0v) is 23.7. The average molecular weight is 536 g/mol. The first-order chi connectivity index (χ1) is 18.3. The van der Waals surface area contributed by atoms with Gasteiger partial charge in [0, 0.05) is 43.7 Å². The van der Waals surface area contributed by atoms with Crippen LogP contribution in [0.2, 0.25) is 0 Å². The van der Waals surface area contributed by atoms with Crippen LogP contribution in [-0.2, 0) is 16.7 Å². The van der Waals surface area contributed by atoms with E-state index < -0.39 is 5.60 Å². The lowest BCUT2D eigenvalue weighted by Crippen LogP contribution is -2.50. The number of rotatable bonds is 5. The fourth-order valence-corrected chi connectivity index (χ4v) is 4.15. The maximum absolute atomic E-state index is 12.6. The number of carbonyl (C=O) groups is 2. The summed E-state index contributed by atoms with van der Waals surface area (Å²) < 4.78 is 10.7. The summed E-state index contributed by atoms with van der Waals surface area (Å²) in [5, 5.41) is 6.68. The van der Waals surface area contributed by atoms with Gasteiger partial charge in [0.25, 0.3) is 11.7 Å². The molecule has 3 aromatic rings. The van der Waals surface area contributed by atoms with E-state index in [4.69, 9.17) is 9.26 Å². The van der Waals surface area contributed by atoms with Gasteiger partial charge < -0.3 is 24.4 Å². The summed E-state index contributed by atoms with van der Waals surface area (Å²) >= 11 is 0. The molecule has 0 unspecified atom stereocenters. The second kappa shape index (κ2) is 11.0. The van der Waals surface area contributed by atoms with Gasteiger partial charge in [-0.1, -0.05) is 38.1 Å². The third-order valence-electron chi connectivity index (χ3n) is 6.29. The van der Waals surface area contributed by atoms with Crippen molar-refractivity contribution in [3.8, 4) is 11.3 Å². The highest BCUT2D eigenvalue weighted by Gasteiger charge is 2.27. The number of nitrogens with zero attached hydrogens (tertiary/aromatic N) is 6. The molecule has 0 atom stereocenters. The van der Waals surface area contributed by atoms with E-state index >= 15 is 0 Å². The summed E-state index contributed by atoms with van der Waals surface area (Å²) in [5.41, 5.74) is 3.80. The lowest BCUT2D eigenvalue weighted by Gasteiger charge is -2.37. The second-order valence-electron chi connectivity index (χ2n) is 11.7. The molecule has 1 aliphatic rings. The van der Waals surface area contributed by atoms with E-state index in [9.17, 15) is 9.59 Å². The predicted octanol–water partition coefficient (Wildman–Crippen LogP) is 4.12. The maximum Gasteiger partial charge on any atom is 0.410 e. The van der Waals surface area contributed by atoms with Crippen LogP contribution >= 0.6 is 0 Å². The first-order valence-corrected chi connectivity index (χ1v) is 13.1. The number of aryl methyl sites for hydroxylation is 1. The van der Waals surface area contributed by atoms with Crippen molar-refractivity contribution >= 4 is 17.7 Å². The predicted molar refractivity (Wildman–Crippen MR) is 146 cm³/mol. The highest BCUT2D eigenvalue weighted by atomic mass is 16.6. The van der Waals surface area contributed by atoms with Gasteiger partial charge in [0.2, 0.25) is 5.89 Å². The molecule has 1 saturated heterocycles. The minimum atomic E-state index is -0.524. The molecule has 3 heterocycles. The highest BCUT2D eigenvalue weighted by Crippen LogP contribution is 2.30. The molecule has 2 aromatic heterocycles. The Morgan fingerprint density at radius 1 is 1.08 bits per heavy atom. The van der Waals surface area contributed by atoms with E-state index in [0.717, 1.165) is 28.1 Å². The first-order valence-electron chi connectivity index (χ1n) is 13.1. The van der Waals surface area contributed by atoms with Gasteiger partial charge in [-0.05, 0) is 44.9 Å². The average Bonchev–Trinajstić information content (AvgIpc) is 3.38. The normalized spacial score (nSPS) is 14.3. The van der Waals surface area contributed by atoms with E-state index in [1.807, 2.05) is 66.8 Å². The molecule has 11 heteroatoms. The van der Waals surface area contributed by atoms with Gasteiger partial charge in [0.05, 0.1) is 17.6 Å². The fourth-order valence-electron chi connectivity index (χ4n) is 4.15. The van der Waals surface area contributed by atoms with Gasteiger partial charge in [0.15, 0.2) is 0 Å². The van der Waals surface area contributed by atoms with Crippen LogP contribution in [0.3, 0.4) is 0 Å². The van der Waals surface area contributed by atoms with E-state index in [2.05, 4.69) is 36.4 Å². The summed E-state index contributed by atoms with van der Waals surface area (Å²) in [5.74, 6) is 0.0491. The lowest BCUT2D eigenvalue weighted by atomic mass is 9.97. The maximum atomic E-state index is 12.6. The molecule has 4 rings (SSSR count). The molecular formula is C28H37N7O4. The number of hydrogen-bond donors (Lipinski definition) is 1. The topological polar surface area (TPSA) is 127 Å².